The molecule has 0 spiro atoms. The van der Waals surface area contributed by atoms with E-state index in [2.05, 4.69) is 0 Å². The van der Waals surface area contributed by atoms with Crippen LogP contribution in [0.1, 0.15) is 13.3 Å². The average Bonchev–Trinajstić information content (AvgIpc) is 2.29. The monoisotopic (exact) mass is 252 g/mol. The van der Waals surface area contributed by atoms with Crippen LogP contribution < -0.4 is 0 Å². The minimum atomic E-state index is -1.43. The van der Waals surface area contributed by atoms with E-state index in [1.165, 1.54) is 0 Å². The molecular formula is C10H20O7. The predicted octanol–water partition coefficient (Wildman–Crippen LogP) is -2.43. The zero-order chi connectivity index (χ0) is 13.0. The van der Waals surface area contributed by atoms with E-state index < -0.39 is 43.4 Å². The van der Waals surface area contributed by atoms with Crippen molar-refractivity contribution in [2.24, 2.45) is 0 Å². The van der Waals surface area contributed by atoms with Gasteiger partial charge in [-0.05, 0) is 13.3 Å². The van der Waals surface area contributed by atoms with Gasteiger partial charge in [0.1, 0.15) is 24.4 Å². The molecule has 1 saturated heterocycles. The lowest BCUT2D eigenvalue weighted by Crippen LogP contribution is -2.59. The minimum Gasteiger partial charge on any atom is -0.394 e. The largest absolute Gasteiger partial charge is 0.394 e. The molecule has 1 aliphatic heterocycles. The molecule has 1 rings (SSSR count). The number of ether oxygens (including phenoxy) is 2. The zero-order valence-corrected chi connectivity index (χ0v) is 9.64. The molecule has 5 N–H and O–H groups in total. The van der Waals surface area contributed by atoms with Gasteiger partial charge in [-0.1, -0.05) is 0 Å². The number of rotatable bonds is 5. The van der Waals surface area contributed by atoms with E-state index in [1.54, 1.807) is 6.92 Å². The van der Waals surface area contributed by atoms with Gasteiger partial charge in [-0.3, -0.25) is 0 Å². The van der Waals surface area contributed by atoms with Crippen molar-refractivity contribution in [2.75, 3.05) is 13.2 Å². The summed E-state index contributed by atoms with van der Waals surface area (Å²) in [6, 6.07) is 0. The van der Waals surface area contributed by atoms with Crippen LogP contribution in [0.4, 0.5) is 0 Å². The molecular weight excluding hydrogens is 232 g/mol. The van der Waals surface area contributed by atoms with Gasteiger partial charge in [0.25, 0.3) is 0 Å². The lowest BCUT2D eigenvalue weighted by molar-refractivity contribution is -0.301. The summed E-state index contributed by atoms with van der Waals surface area (Å²) in [7, 11) is 0. The maximum atomic E-state index is 9.58. The molecule has 0 aromatic carbocycles. The Bertz CT molecular complexity index is 221. The van der Waals surface area contributed by atoms with E-state index >= 15 is 0 Å². The van der Waals surface area contributed by atoms with Crippen molar-refractivity contribution in [2.45, 2.75) is 50.2 Å². The Balaban J connectivity index is 2.47. The van der Waals surface area contributed by atoms with Gasteiger partial charge in [-0.2, -0.15) is 0 Å². The van der Waals surface area contributed by atoms with Crippen LogP contribution in [0.2, 0.25) is 0 Å². The molecule has 0 saturated carbocycles. The summed E-state index contributed by atoms with van der Waals surface area (Å²) < 4.78 is 10.2. The van der Waals surface area contributed by atoms with Crippen molar-refractivity contribution in [3.05, 3.63) is 0 Å². The van der Waals surface area contributed by atoms with E-state index in [-0.39, 0.29) is 6.61 Å². The highest BCUT2D eigenvalue weighted by Crippen LogP contribution is 2.21. The van der Waals surface area contributed by atoms with E-state index in [9.17, 15) is 15.3 Å². The van der Waals surface area contributed by atoms with Crippen LogP contribution in [0.3, 0.4) is 0 Å². The van der Waals surface area contributed by atoms with Crippen LogP contribution in [0, 0.1) is 0 Å². The van der Waals surface area contributed by atoms with Gasteiger partial charge in [0.15, 0.2) is 6.29 Å². The van der Waals surface area contributed by atoms with Crippen molar-refractivity contribution < 1.29 is 35.0 Å². The molecule has 1 aliphatic rings. The molecule has 0 bridgehead atoms. The van der Waals surface area contributed by atoms with Gasteiger partial charge in [0.2, 0.25) is 0 Å². The first-order chi connectivity index (χ1) is 7.97. The molecule has 0 amide bonds. The number of hydrogen-bond donors (Lipinski definition) is 5. The fraction of sp³-hybridized carbons (Fsp3) is 1.00. The van der Waals surface area contributed by atoms with Gasteiger partial charge < -0.3 is 35.0 Å². The van der Waals surface area contributed by atoms with Gasteiger partial charge in [0.05, 0.1) is 19.3 Å². The Morgan fingerprint density at radius 1 is 1.18 bits per heavy atom. The van der Waals surface area contributed by atoms with Crippen molar-refractivity contribution in [1.82, 2.24) is 0 Å². The third-order valence-corrected chi connectivity index (χ3v) is 2.67. The first kappa shape index (κ1) is 14.8. The summed E-state index contributed by atoms with van der Waals surface area (Å²) in [6.45, 7) is 1.25. The molecule has 6 atom stereocenters. The molecule has 0 aromatic rings. The summed E-state index contributed by atoms with van der Waals surface area (Å²) in [5.41, 5.74) is 0. The Morgan fingerprint density at radius 2 is 1.82 bits per heavy atom. The highest BCUT2D eigenvalue weighted by atomic mass is 16.7. The Hall–Kier alpha value is -0.280. The molecule has 0 aliphatic carbocycles. The molecule has 0 radical (unpaired) electrons. The normalized spacial score (nSPS) is 40.2. The minimum absolute atomic E-state index is 0.139. The molecule has 1 fully saturated rings. The Kier molecular flexibility index (Phi) is 5.74. The second kappa shape index (κ2) is 6.60. The van der Waals surface area contributed by atoms with Crippen LogP contribution >= 0.6 is 0 Å². The van der Waals surface area contributed by atoms with E-state index in [0.29, 0.717) is 6.42 Å². The zero-order valence-electron chi connectivity index (χ0n) is 9.64. The third kappa shape index (κ3) is 3.85. The third-order valence-electron chi connectivity index (χ3n) is 2.67. The quantitative estimate of drug-likeness (QED) is 0.369. The maximum Gasteiger partial charge on any atom is 0.186 e. The first-order valence-electron chi connectivity index (χ1n) is 5.57. The van der Waals surface area contributed by atoms with Gasteiger partial charge >= 0.3 is 0 Å². The van der Waals surface area contributed by atoms with E-state index in [4.69, 9.17) is 19.7 Å². The second-order valence-corrected chi connectivity index (χ2v) is 4.21. The highest BCUT2D eigenvalue weighted by molar-refractivity contribution is 4.88. The lowest BCUT2D eigenvalue weighted by atomic mass is 9.99. The van der Waals surface area contributed by atoms with E-state index in [0.717, 1.165) is 0 Å². The number of aliphatic hydroxyl groups is 5. The highest BCUT2D eigenvalue weighted by Gasteiger charge is 2.43. The molecule has 17 heavy (non-hydrogen) atoms. The Labute approximate surface area is 99.2 Å². The van der Waals surface area contributed by atoms with Crippen LogP contribution in [0.5, 0.6) is 0 Å². The molecule has 0 unspecified atom stereocenters. The Morgan fingerprint density at radius 3 is 2.35 bits per heavy atom. The summed E-state index contributed by atoms with van der Waals surface area (Å²) in [4.78, 5) is 0. The van der Waals surface area contributed by atoms with Crippen LogP contribution in [-0.4, -0.2) is 75.6 Å². The van der Waals surface area contributed by atoms with Crippen molar-refractivity contribution in [3.63, 3.8) is 0 Å². The molecule has 7 nitrogen and oxygen atoms in total. The molecule has 102 valence electrons. The van der Waals surface area contributed by atoms with Crippen LogP contribution in [0.25, 0.3) is 0 Å². The van der Waals surface area contributed by atoms with Gasteiger partial charge in [-0.15, -0.1) is 0 Å². The smallest absolute Gasteiger partial charge is 0.186 e. The topological polar surface area (TPSA) is 120 Å². The average molecular weight is 252 g/mol. The van der Waals surface area contributed by atoms with E-state index in [1.807, 2.05) is 0 Å². The van der Waals surface area contributed by atoms with Crippen LogP contribution in [0.15, 0.2) is 0 Å². The summed E-state index contributed by atoms with van der Waals surface area (Å²) >= 11 is 0. The lowest BCUT2D eigenvalue weighted by Gasteiger charge is -2.39. The van der Waals surface area contributed by atoms with Crippen molar-refractivity contribution >= 4 is 0 Å². The number of hydrogen-bond acceptors (Lipinski definition) is 7. The summed E-state index contributed by atoms with van der Waals surface area (Å²) in [5, 5.41) is 46.5. The van der Waals surface area contributed by atoms with Crippen LogP contribution in [-0.2, 0) is 9.47 Å². The van der Waals surface area contributed by atoms with Gasteiger partial charge in [-0.25, -0.2) is 0 Å². The molecule has 1 heterocycles. The SMILES string of the molecule is C[C@@H](O)CCO[C@H]1O[C@H](CO)[C@@H](O)[C@H](O)[C@H]1O. The number of aliphatic hydroxyl groups excluding tert-OH is 5. The van der Waals surface area contributed by atoms with Crippen molar-refractivity contribution in [3.8, 4) is 0 Å². The molecule has 7 heteroatoms. The first-order valence-corrected chi connectivity index (χ1v) is 5.57. The fourth-order valence-corrected chi connectivity index (χ4v) is 1.56. The maximum absolute atomic E-state index is 9.58. The standard InChI is InChI=1S/C10H20O7/c1-5(12)2-3-16-10-9(15)8(14)7(13)6(4-11)17-10/h5-15H,2-4H2,1H3/t5-,6-,7-,8+,9-,10+/m1/s1. The molecule has 0 aromatic heterocycles. The van der Waals surface area contributed by atoms with Gasteiger partial charge in [0, 0.05) is 0 Å². The summed E-state index contributed by atoms with van der Waals surface area (Å²) in [6.07, 6.45) is -6.48. The second-order valence-electron chi connectivity index (χ2n) is 4.21. The van der Waals surface area contributed by atoms with Crippen molar-refractivity contribution in [1.29, 1.82) is 0 Å². The predicted molar refractivity (Wildman–Crippen MR) is 56.0 cm³/mol. The fourth-order valence-electron chi connectivity index (χ4n) is 1.56. The summed E-state index contributed by atoms with van der Waals surface area (Å²) in [5.74, 6) is 0.